The molecule has 1 fully saturated rings. The van der Waals surface area contributed by atoms with E-state index in [1.807, 2.05) is 0 Å². The molecule has 0 saturated carbocycles. The van der Waals surface area contributed by atoms with Gasteiger partial charge in [-0.3, -0.25) is 4.79 Å². The maximum absolute atomic E-state index is 14.5. The fraction of sp³-hybridized carbons (Fsp3) is 0.379. The van der Waals surface area contributed by atoms with Gasteiger partial charge in [0.2, 0.25) is 0 Å². The molecule has 1 aliphatic carbocycles. The van der Waals surface area contributed by atoms with Crippen molar-refractivity contribution in [2.75, 3.05) is 13.7 Å². The van der Waals surface area contributed by atoms with Crippen molar-refractivity contribution in [1.29, 1.82) is 0 Å². The third kappa shape index (κ3) is 6.55. The molecule has 44 heavy (non-hydrogen) atoms. The van der Waals surface area contributed by atoms with Gasteiger partial charge in [-0.25, -0.2) is 9.18 Å². The lowest BCUT2D eigenvalue weighted by Gasteiger charge is -2.31. The van der Waals surface area contributed by atoms with Crippen LogP contribution >= 0.6 is 0 Å². The summed E-state index contributed by atoms with van der Waals surface area (Å²) < 4.78 is 147. The molecule has 2 aromatic carbocycles. The molecule has 0 radical (unpaired) electrons. The van der Waals surface area contributed by atoms with Gasteiger partial charge in [-0.2, -0.15) is 39.5 Å². The van der Waals surface area contributed by atoms with Crippen molar-refractivity contribution in [3.05, 3.63) is 81.7 Å². The summed E-state index contributed by atoms with van der Waals surface area (Å²) in [6.07, 6.45) is -16.8. The van der Waals surface area contributed by atoms with Gasteiger partial charge in [0, 0.05) is 29.7 Å². The van der Waals surface area contributed by atoms with Gasteiger partial charge >= 0.3 is 24.6 Å². The molecule has 0 bridgehead atoms. The van der Waals surface area contributed by atoms with E-state index in [1.165, 1.54) is 6.92 Å². The molecule has 15 heteroatoms. The van der Waals surface area contributed by atoms with Crippen molar-refractivity contribution in [2.24, 2.45) is 5.92 Å². The zero-order valence-corrected chi connectivity index (χ0v) is 23.0. The minimum Gasteiger partial charge on any atom is -0.496 e. The van der Waals surface area contributed by atoms with Crippen LogP contribution in [-0.2, 0) is 17.1 Å². The molecule has 5 nitrogen and oxygen atoms in total. The normalized spacial score (nSPS) is 21.2. The zero-order valence-electron chi connectivity index (χ0n) is 23.0. The summed E-state index contributed by atoms with van der Waals surface area (Å²) in [7, 11) is 1.16. The van der Waals surface area contributed by atoms with E-state index in [4.69, 9.17) is 9.47 Å². The second-order valence-corrected chi connectivity index (χ2v) is 10.3. The molecule has 0 N–H and O–H groups in total. The van der Waals surface area contributed by atoms with Gasteiger partial charge in [-0.05, 0) is 55.7 Å². The SMILES string of the molecule is COc1cc(F)c(C(C)=O)cc1C1=CC=C(C(F)(F)F)CC1CN1C(=O)O[C@H](c2cc(C(F)(F)F)cc(C(F)(F)F)c2)[C@@H]1C. The van der Waals surface area contributed by atoms with Gasteiger partial charge in [-0.1, -0.05) is 12.2 Å². The van der Waals surface area contributed by atoms with E-state index in [2.05, 4.69) is 0 Å². The number of ether oxygens (including phenoxy) is 2. The number of Topliss-reactive ketones (excluding diaryl/α,β-unsaturated/α-hetero) is 1. The Balaban J connectivity index is 1.75. The van der Waals surface area contributed by atoms with Crippen LogP contribution in [0.2, 0.25) is 0 Å². The molecule has 4 rings (SSSR count). The molecule has 238 valence electrons. The number of amides is 1. The Morgan fingerprint density at radius 3 is 2.02 bits per heavy atom. The first-order valence-electron chi connectivity index (χ1n) is 12.9. The smallest absolute Gasteiger partial charge is 0.416 e. The maximum Gasteiger partial charge on any atom is 0.416 e. The van der Waals surface area contributed by atoms with E-state index in [-0.39, 0.29) is 28.5 Å². The second kappa shape index (κ2) is 11.5. The number of hydrogen-bond acceptors (Lipinski definition) is 4. The topological polar surface area (TPSA) is 55.8 Å². The number of benzene rings is 2. The first-order valence-corrected chi connectivity index (χ1v) is 12.9. The van der Waals surface area contributed by atoms with Crippen LogP contribution in [-0.4, -0.2) is 42.6 Å². The first kappa shape index (κ1) is 32.9. The Hall–Kier alpha value is -4.04. The van der Waals surface area contributed by atoms with E-state index >= 15 is 0 Å². The molecule has 1 saturated heterocycles. The summed E-state index contributed by atoms with van der Waals surface area (Å²) in [6.45, 7) is 1.81. The lowest BCUT2D eigenvalue weighted by atomic mass is 9.81. The minimum atomic E-state index is -5.17. The fourth-order valence-corrected chi connectivity index (χ4v) is 5.24. The number of carbonyl (C=O) groups excluding carboxylic acids is 2. The van der Waals surface area contributed by atoms with Crippen molar-refractivity contribution < 1.29 is 63.0 Å². The predicted molar refractivity (Wildman–Crippen MR) is 135 cm³/mol. The molecule has 1 heterocycles. The van der Waals surface area contributed by atoms with Crippen LogP contribution in [0.3, 0.4) is 0 Å². The number of ketones is 1. The van der Waals surface area contributed by atoms with Crippen LogP contribution in [0.15, 0.2) is 48.1 Å². The highest BCUT2D eigenvalue weighted by Gasteiger charge is 2.45. The number of methoxy groups -OCH3 is 1. The fourth-order valence-electron chi connectivity index (χ4n) is 5.24. The third-order valence-corrected chi connectivity index (χ3v) is 7.46. The maximum atomic E-state index is 14.5. The molecule has 0 aromatic heterocycles. The average Bonchev–Trinajstić information content (AvgIpc) is 3.19. The standard InChI is InChI=1S/C29H23F10NO4/c1-13-25(15-6-18(28(34,35)36)9-19(7-15)29(37,38)39)44-26(42)40(13)12-16-8-17(27(31,32)33)4-5-20(16)22-10-21(14(2)41)23(30)11-24(22)43-3/h4-7,9-11,13,16,25H,8,12H2,1-3H3/t13-,16?,25-/m0/s1. The van der Waals surface area contributed by atoms with E-state index in [0.29, 0.717) is 12.1 Å². The molecular weight excluding hydrogens is 616 g/mol. The van der Waals surface area contributed by atoms with E-state index < -0.39 is 89.5 Å². The quantitative estimate of drug-likeness (QED) is 0.235. The number of nitrogens with zero attached hydrogens (tertiary/aromatic N) is 1. The Morgan fingerprint density at radius 2 is 1.52 bits per heavy atom. The van der Waals surface area contributed by atoms with Gasteiger partial charge in [-0.15, -0.1) is 0 Å². The molecule has 2 aromatic rings. The highest BCUT2D eigenvalue weighted by molar-refractivity contribution is 5.96. The summed E-state index contributed by atoms with van der Waals surface area (Å²) in [4.78, 5) is 25.8. The molecule has 2 aliphatic rings. The van der Waals surface area contributed by atoms with Crippen LogP contribution in [0.1, 0.15) is 59.0 Å². The van der Waals surface area contributed by atoms with Gasteiger partial charge in [0.05, 0.1) is 29.8 Å². The Morgan fingerprint density at radius 1 is 0.932 bits per heavy atom. The van der Waals surface area contributed by atoms with Gasteiger partial charge in [0.15, 0.2) is 5.78 Å². The van der Waals surface area contributed by atoms with Gasteiger partial charge in [0.1, 0.15) is 17.7 Å². The highest BCUT2D eigenvalue weighted by Crippen LogP contribution is 2.45. The van der Waals surface area contributed by atoms with Gasteiger partial charge < -0.3 is 14.4 Å². The number of halogens is 10. The summed E-state index contributed by atoms with van der Waals surface area (Å²) >= 11 is 0. The van der Waals surface area contributed by atoms with E-state index in [0.717, 1.165) is 43.2 Å². The molecule has 3 atom stereocenters. The monoisotopic (exact) mass is 639 g/mol. The Labute approximate surface area is 243 Å². The van der Waals surface area contributed by atoms with Crippen molar-refractivity contribution in [3.8, 4) is 5.75 Å². The molecule has 1 amide bonds. The Kier molecular flexibility index (Phi) is 8.57. The van der Waals surface area contributed by atoms with Crippen molar-refractivity contribution in [2.45, 2.75) is 50.9 Å². The lowest BCUT2D eigenvalue weighted by Crippen LogP contribution is -2.37. The van der Waals surface area contributed by atoms with Crippen LogP contribution < -0.4 is 4.74 Å². The number of allylic oxidation sites excluding steroid dienone is 3. The van der Waals surface area contributed by atoms with E-state index in [1.54, 1.807) is 0 Å². The van der Waals surface area contributed by atoms with Crippen LogP contribution in [0.5, 0.6) is 5.75 Å². The minimum absolute atomic E-state index is 0.0473. The van der Waals surface area contributed by atoms with Crippen LogP contribution in [0, 0.1) is 11.7 Å². The first-order chi connectivity index (χ1) is 20.2. The number of hydrogen-bond donors (Lipinski definition) is 0. The average molecular weight is 639 g/mol. The van der Waals surface area contributed by atoms with Crippen LogP contribution in [0.25, 0.3) is 5.57 Å². The van der Waals surface area contributed by atoms with Crippen molar-refractivity contribution in [3.63, 3.8) is 0 Å². The largest absolute Gasteiger partial charge is 0.496 e. The van der Waals surface area contributed by atoms with Crippen molar-refractivity contribution >= 4 is 17.4 Å². The third-order valence-electron chi connectivity index (χ3n) is 7.46. The number of rotatable bonds is 6. The Bertz CT molecular complexity index is 1510. The number of alkyl halides is 9. The zero-order chi connectivity index (χ0) is 32.9. The van der Waals surface area contributed by atoms with Crippen molar-refractivity contribution in [1.82, 2.24) is 4.90 Å². The number of cyclic esters (lactones) is 1. The highest BCUT2D eigenvalue weighted by atomic mass is 19.4. The number of carbonyl (C=O) groups is 2. The van der Waals surface area contributed by atoms with Crippen LogP contribution in [0.4, 0.5) is 48.7 Å². The molecule has 0 spiro atoms. The molecular formula is C29H23F10NO4. The van der Waals surface area contributed by atoms with Gasteiger partial charge in [0.25, 0.3) is 0 Å². The van der Waals surface area contributed by atoms with E-state index in [9.17, 15) is 53.5 Å². The molecule has 1 unspecified atom stereocenters. The summed E-state index contributed by atoms with van der Waals surface area (Å²) in [6, 6.07) is 1.49. The second-order valence-electron chi connectivity index (χ2n) is 10.3. The molecule has 1 aliphatic heterocycles. The lowest BCUT2D eigenvalue weighted by molar-refractivity contribution is -0.143. The summed E-state index contributed by atoms with van der Waals surface area (Å²) in [5, 5.41) is 0. The summed E-state index contributed by atoms with van der Waals surface area (Å²) in [5.74, 6) is -2.97. The summed E-state index contributed by atoms with van der Waals surface area (Å²) in [5.41, 5.74) is -5.10. The predicted octanol–water partition coefficient (Wildman–Crippen LogP) is 8.55.